The van der Waals surface area contributed by atoms with Gasteiger partial charge in [0.2, 0.25) is 0 Å². The molecule has 0 aliphatic carbocycles. The summed E-state index contributed by atoms with van der Waals surface area (Å²) < 4.78 is 1.81. The minimum Gasteiger partial charge on any atom is -0.335 e. The molecule has 0 aliphatic rings. The smallest absolute Gasteiger partial charge is 0.152 e. The highest BCUT2D eigenvalue weighted by Gasteiger charge is 2.04. The Labute approximate surface area is 68.9 Å². The van der Waals surface area contributed by atoms with Crippen molar-refractivity contribution in [3.8, 4) is 0 Å². The van der Waals surface area contributed by atoms with E-state index < -0.39 is 0 Å². The first kappa shape index (κ1) is 6.97. The summed E-state index contributed by atoms with van der Waals surface area (Å²) in [6, 6.07) is 0. The summed E-state index contributed by atoms with van der Waals surface area (Å²) in [7, 11) is 1.85. The van der Waals surface area contributed by atoms with Crippen LogP contribution in [-0.4, -0.2) is 20.8 Å². The summed E-state index contributed by atoms with van der Waals surface area (Å²) in [5, 5.41) is 0.801. The van der Waals surface area contributed by atoms with Crippen molar-refractivity contribution in [2.75, 3.05) is 0 Å². The highest BCUT2D eigenvalue weighted by Crippen LogP contribution is 2.14. The van der Waals surface area contributed by atoms with Crippen LogP contribution in [0.5, 0.6) is 0 Å². The predicted octanol–water partition coefficient (Wildman–Crippen LogP) is 0.781. The number of aromatic nitrogens is 3. The molecular weight excluding hydrogens is 154 g/mol. The van der Waals surface area contributed by atoms with Gasteiger partial charge in [0.25, 0.3) is 0 Å². The van der Waals surface area contributed by atoms with Crippen molar-refractivity contribution in [3.63, 3.8) is 0 Å². The third kappa shape index (κ3) is 0.812. The Morgan fingerprint density at radius 1 is 1.58 bits per heavy atom. The molecule has 0 unspecified atom stereocenters. The van der Waals surface area contributed by atoms with Gasteiger partial charge in [-0.05, 0) is 0 Å². The molecule has 4 nitrogen and oxygen atoms in total. The number of hydrogen-bond donors (Lipinski definition) is 0. The molecule has 0 amide bonds. The van der Waals surface area contributed by atoms with E-state index in [1.807, 2.05) is 7.05 Å². The van der Waals surface area contributed by atoms with Crippen molar-refractivity contribution in [2.24, 2.45) is 7.05 Å². The molecule has 0 spiro atoms. The molecule has 4 heteroatoms. The molecule has 0 radical (unpaired) electrons. The van der Waals surface area contributed by atoms with Crippen molar-refractivity contribution in [3.05, 3.63) is 24.3 Å². The predicted molar refractivity (Wildman–Crippen MR) is 43.9 cm³/mol. The Kier molecular flexibility index (Phi) is 1.40. The third-order valence-electron chi connectivity index (χ3n) is 1.80. The van der Waals surface area contributed by atoms with Crippen LogP contribution in [0.1, 0.15) is 10.4 Å². The van der Waals surface area contributed by atoms with E-state index in [0.717, 1.165) is 17.3 Å². The van der Waals surface area contributed by atoms with Crippen LogP contribution in [0.4, 0.5) is 0 Å². The maximum Gasteiger partial charge on any atom is 0.152 e. The molecule has 0 aromatic carbocycles. The fourth-order valence-electron chi connectivity index (χ4n) is 1.24. The van der Waals surface area contributed by atoms with Gasteiger partial charge in [0, 0.05) is 30.4 Å². The van der Waals surface area contributed by atoms with Crippen LogP contribution in [0.2, 0.25) is 0 Å². The molecule has 0 fully saturated rings. The summed E-state index contributed by atoms with van der Waals surface area (Å²) in [6.07, 6.45) is 5.67. The van der Waals surface area contributed by atoms with Gasteiger partial charge in [-0.2, -0.15) is 0 Å². The van der Waals surface area contributed by atoms with Gasteiger partial charge in [0.15, 0.2) is 6.29 Å². The van der Waals surface area contributed by atoms with Crippen molar-refractivity contribution in [1.82, 2.24) is 14.5 Å². The molecule has 0 saturated heterocycles. The average molecular weight is 161 g/mol. The maximum absolute atomic E-state index is 10.6. The second-order valence-corrected chi connectivity index (χ2v) is 2.57. The Hall–Kier alpha value is -1.71. The van der Waals surface area contributed by atoms with Gasteiger partial charge in [0.05, 0.1) is 0 Å². The Morgan fingerprint density at radius 2 is 2.42 bits per heavy atom. The lowest BCUT2D eigenvalue weighted by Crippen LogP contribution is -1.86. The highest BCUT2D eigenvalue weighted by atomic mass is 16.1. The number of hydrogen-bond acceptors (Lipinski definition) is 3. The molecule has 2 heterocycles. The van der Waals surface area contributed by atoms with Crippen LogP contribution in [0.15, 0.2) is 18.7 Å². The van der Waals surface area contributed by atoms with Crippen LogP contribution in [0, 0.1) is 0 Å². The summed E-state index contributed by atoms with van der Waals surface area (Å²) in [5.74, 6) is 0. The first-order valence-electron chi connectivity index (χ1n) is 3.53. The van der Waals surface area contributed by atoms with E-state index in [1.54, 1.807) is 17.0 Å². The number of aryl methyl sites for hydroxylation is 1. The first-order valence-corrected chi connectivity index (χ1v) is 3.53. The summed E-state index contributed by atoms with van der Waals surface area (Å²) in [5.41, 5.74) is 1.42. The van der Waals surface area contributed by atoms with E-state index in [1.165, 1.54) is 6.33 Å². The monoisotopic (exact) mass is 161 g/mol. The molecule has 2 rings (SSSR count). The Bertz CT molecular complexity index is 433. The molecule has 0 aliphatic heterocycles. The average Bonchev–Trinajstić information content (AvgIpc) is 2.44. The number of carbonyl (C=O) groups is 1. The third-order valence-corrected chi connectivity index (χ3v) is 1.80. The second kappa shape index (κ2) is 2.41. The Morgan fingerprint density at radius 3 is 3.17 bits per heavy atom. The van der Waals surface area contributed by atoms with Crippen LogP contribution in [0.25, 0.3) is 11.0 Å². The zero-order valence-corrected chi connectivity index (χ0v) is 6.56. The van der Waals surface area contributed by atoms with Crippen molar-refractivity contribution in [1.29, 1.82) is 0 Å². The molecule has 0 atom stereocenters. The van der Waals surface area contributed by atoms with Crippen LogP contribution in [-0.2, 0) is 7.05 Å². The van der Waals surface area contributed by atoms with E-state index in [0.29, 0.717) is 5.56 Å². The number of aldehydes is 1. The van der Waals surface area contributed by atoms with Crippen molar-refractivity contribution in [2.45, 2.75) is 0 Å². The molecule has 12 heavy (non-hydrogen) atoms. The SMILES string of the molecule is Cn1cc(C=O)c2cncnc21. The number of fused-ring (bicyclic) bond motifs is 1. The quantitative estimate of drug-likeness (QED) is 0.580. The molecule has 2 aromatic heterocycles. The summed E-state index contributed by atoms with van der Waals surface area (Å²) >= 11 is 0. The van der Waals surface area contributed by atoms with Crippen molar-refractivity contribution < 1.29 is 4.79 Å². The van der Waals surface area contributed by atoms with E-state index in [-0.39, 0.29) is 0 Å². The topological polar surface area (TPSA) is 47.8 Å². The molecule has 0 N–H and O–H groups in total. The largest absolute Gasteiger partial charge is 0.335 e. The lowest BCUT2D eigenvalue weighted by Gasteiger charge is -1.90. The lowest BCUT2D eigenvalue weighted by molar-refractivity contribution is 0.112. The zero-order chi connectivity index (χ0) is 8.55. The van der Waals surface area contributed by atoms with Crippen LogP contribution in [0.3, 0.4) is 0 Å². The maximum atomic E-state index is 10.6. The van der Waals surface area contributed by atoms with E-state index in [4.69, 9.17) is 0 Å². The Balaban J connectivity index is 2.91. The first-order chi connectivity index (χ1) is 5.83. The highest BCUT2D eigenvalue weighted by molar-refractivity contribution is 5.95. The van der Waals surface area contributed by atoms with Gasteiger partial charge in [-0.1, -0.05) is 0 Å². The van der Waals surface area contributed by atoms with E-state index >= 15 is 0 Å². The second-order valence-electron chi connectivity index (χ2n) is 2.57. The molecule has 0 saturated carbocycles. The number of nitrogens with zero attached hydrogens (tertiary/aromatic N) is 3. The standard InChI is InChI=1S/C8H7N3O/c1-11-3-6(4-12)7-2-9-5-10-8(7)11/h2-5H,1H3. The number of rotatable bonds is 1. The molecular formula is C8H7N3O. The fraction of sp³-hybridized carbons (Fsp3) is 0.125. The molecule has 60 valence electrons. The van der Waals surface area contributed by atoms with Gasteiger partial charge >= 0.3 is 0 Å². The van der Waals surface area contributed by atoms with E-state index in [9.17, 15) is 4.79 Å². The van der Waals surface area contributed by atoms with Crippen molar-refractivity contribution >= 4 is 17.3 Å². The molecule has 0 bridgehead atoms. The van der Waals surface area contributed by atoms with Gasteiger partial charge in [0.1, 0.15) is 12.0 Å². The summed E-state index contributed by atoms with van der Waals surface area (Å²) in [4.78, 5) is 18.5. The van der Waals surface area contributed by atoms with Gasteiger partial charge < -0.3 is 4.57 Å². The van der Waals surface area contributed by atoms with E-state index in [2.05, 4.69) is 9.97 Å². The lowest BCUT2D eigenvalue weighted by atomic mass is 10.3. The summed E-state index contributed by atoms with van der Waals surface area (Å²) in [6.45, 7) is 0. The number of carbonyl (C=O) groups excluding carboxylic acids is 1. The normalized spacial score (nSPS) is 10.4. The minimum absolute atomic E-state index is 0.633. The molecule has 2 aromatic rings. The fourth-order valence-corrected chi connectivity index (χ4v) is 1.24. The minimum atomic E-state index is 0.633. The zero-order valence-electron chi connectivity index (χ0n) is 6.56. The van der Waals surface area contributed by atoms with Crippen LogP contribution < -0.4 is 0 Å². The van der Waals surface area contributed by atoms with Gasteiger partial charge in [-0.25, -0.2) is 9.97 Å². The van der Waals surface area contributed by atoms with Crippen LogP contribution >= 0.6 is 0 Å². The van der Waals surface area contributed by atoms with Gasteiger partial charge in [-0.3, -0.25) is 4.79 Å². The van der Waals surface area contributed by atoms with Gasteiger partial charge in [-0.15, -0.1) is 0 Å².